The SMILES string of the molecule is CC(C=O)=Cc1cccc(C)c1C. The maximum Gasteiger partial charge on any atom is 0.145 e. The minimum atomic E-state index is 0.758. The van der Waals surface area contributed by atoms with E-state index in [4.69, 9.17) is 0 Å². The molecule has 0 bridgehead atoms. The Morgan fingerprint density at radius 2 is 2.00 bits per heavy atom. The lowest BCUT2D eigenvalue weighted by Gasteiger charge is -2.03. The molecule has 0 saturated carbocycles. The topological polar surface area (TPSA) is 17.1 Å². The Morgan fingerprint density at radius 1 is 1.31 bits per heavy atom. The maximum absolute atomic E-state index is 10.4. The number of carbonyl (C=O) groups is 1. The monoisotopic (exact) mass is 174 g/mol. The van der Waals surface area contributed by atoms with E-state index < -0.39 is 0 Å². The summed E-state index contributed by atoms with van der Waals surface area (Å²) in [6.07, 6.45) is 2.79. The largest absolute Gasteiger partial charge is 0.298 e. The van der Waals surface area contributed by atoms with Gasteiger partial charge in [0.15, 0.2) is 0 Å². The molecule has 0 N–H and O–H groups in total. The average Bonchev–Trinajstić information content (AvgIpc) is 2.13. The molecule has 0 radical (unpaired) electrons. The van der Waals surface area contributed by atoms with Crippen LogP contribution >= 0.6 is 0 Å². The summed E-state index contributed by atoms with van der Waals surface area (Å²) < 4.78 is 0. The second-order valence-electron chi connectivity index (χ2n) is 3.30. The highest BCUT2D eigenvalue weighted by atomic mass is 16.1. The number of allylic oxidation sites excluding steroid dienone is 1. The normalized spacial score (nSPS) is 11.5. The Morgan fingerprint density at radius 3 is 2.62 bits per heavy atom. The van der Waals surface area contributed by atoms with Crippen molar-refractivity contribution >= 4 is 12.4 Å². The highest BCUT2D eigenvalue weighted by Gasteiger charge is 1.97. The summed E-state index contributed by atoms with van der Waals surface area (Å²) in [6.45, 7) is 5.96. The second-order valence-corrected chi connectivity index (χ2v) is 3.30. The molecule has 0 amide bonds. The van der Waals surface area contributed by atoms with Gasteiger partial charge in [0, 0.05) is 0 Å². The molecule has 0 fully saturated rings. The first-order valence-corrected chi connectivity index (χ1v) is 4.35. The second kappa shape index (κ2) is 4.04. The van der Waals surface area contributed by atoms with E-state index in [1.54, 1.807) is 0 Å². The van der Waals surface area contributed by atoms with Crippen molar-refractivity contribution < 1.29 is 4.79 Å². The first kappa shape index (κ1) is 9.72. The summed E-state index contributed by atoms with van der Waals surface area (Å²) in [5.41, 5.74) is 4.38. The first-order chi connectivity index (χ1) is 6.15. The van der Waals surface area contributed by atoms with E-state index in [9.17, 15) is 4.79 Å². The fourth-order valence-corrected chi connectivity index (χ4v) is 1.21. The molecule has 0 aliphatic carbocycles. The highest BCUT2D eigenvalue weighted by molar-refractivity contribution is 5.81. The molecule has 0 atom stereocenters. The number of hydrogen-bond donors (Lipinski definition) is 0. The van der Waals surface area contributed by atoms with E-state index in [1.165, 1.54) is 11.1 Å². The molecule has 1 nitrogen and oxygen atoms in total. The lowest BCUT2D eigenvalue weighted by molar-refractivity contribution is -0.104. The van der Waals surface area contributed by atoms with Crippen molar-refractivity contribution in [3.8, 4) is 0 Å². The first-order valence-electron chi connectivity index (χ1n) is 4.35. The number of hydrogen-bond acceptors (Lipinski definition) is 1. The third kappa shape index (κ3) is 2.28. The van der Waals surface area contributed by atoms with Crippen molar-refractivity contribution in [1.82, 2.24) is 0 Å². The van der Waals surface area contributed by atoms with E-state index in [0.717, 1.165) is 17.4 Å². The minimum Gasteiger partial charge on any atom is -0.298 e. The molecular weight excluding hydrogens is 160 g/mol. The van der Waals surface area contributed by atoms with Crippen molar-refractivity contribution in [2.75, 3.05) is 0 Å². The fraction of sp³-hybridized carbons (Fsp3) is 0.250. The predicted molar refractivity (Wildman–Crippen MR) is 55.6 cm³/mol. The van der Waals surface area contributed by atoms with E-state index >= 15 is 0 Å². The number of aryl methyl sites for hydroxylation is 1. The van der Waals surface area contributed by atoms with Gasteiger partial charge < -0.3 is 0 Å². The molecule has 1 heteroatoms. The molecule has 0 heterocycles. The number of aldehydes is 1. The Kier molecular flexibility index (Phi) is 3.02. The van der Waals surface area contributed by atoms with Crippen LogP contribution in [0.15, 0.2) is 23.8 Å². The average molecular weight is 174 g/mol. The quantitative estimate of drug-likeness (QED) is 0.497. The van der Waals surface area contributed by atoms with Crippen molar-refractivity contribution in [1.29, 1.82) is 0 Å². The van der Waals surface area contributed by atoms with Crippen LogP contribution < -0.4 is 0 Å². The van der Waals surface area contributed by atoms with Gasteiger partial charge in [-0.05, 0) is 49.1 Å². The molecular formula is C12H14O. The van der Waals surface area contributed by atoms with Crippen molar-refractivity contribution in [2.24, 2.45) is 0 Å². The molecule has 13 heavy (non-hydrogen) atoms. The molecule has 1 aromatic carbocycles. The Labute approximate surface area is 79.1 Å². The number of benzene rings is 1. The van der Waals surface area contributed by atoms with Gasteiger partial charge in [-0.15, -0.1) is 0 Å². The van der Waals surface area contributed by atoms with Gasteiger partial charge in [-0.2, -0.15) is 0 Å². The molecule has 0 aromatic heterocycles. The lowest BCUT2D eigenvalue weighted by Crippen LogP contribution is -1.86. The summed E-state index contributed by atoms with van der Waals surface area (Å²) in [5.74, 6) is 0. The molecule has 0 saturated heterocycles. The van der Waals surface area contributed by atoms with Gasteiger partial charge in [0.05, 0.1) is 0 Å². The molecule has 1 rings (SSSR count). The van der Waals surface area contributed by atoms with Gasteiger partial charge >= 0.3 is 0 Å². The smallest absolute Gasteiger partial charge is 0.145 e. The van der Waals surface area contributed by atoms with Crippen LogP contribution in [0, 0.1) is 13.8 Å². The van der Waals surface area contributed by atoms with E-state index in [2.05, 4.69) is 19.9 Å². The van der Waals surface area contributed by atoms with Crippen LogP contribution in [-0.4, -0.2) is 6.29 Å². The van der Waals surface area contributed by atoms with Gasteiger partial charge in [0.2, 0.25) is 0 Å². The Balaban J connectivity index is 3.16. The van der Waals surface area contributed by atoms with Crippen molar-refractivity contribution in [2.45, 2.75) is 20.8 Å². The summed E-state index contributed by atoms with van der Waals surface area (Å²) in [6, 6.07) is 6.10. The van der Waals surface area contributed by atoms with Crippen LogP contribution in [0.2, 0.25) is 0 Å². The molecule has 0 spiro atoms. The van der Waals surface area contributed by atoms with Crippen LogP contribution in [0.5, 0.6) is 0 Å². The van der Waals surface area contributed by atoms with Crippen molar-refractivity contribution in [3.05, 3.63) is 40.5 Å². The summed E-state index contributed by atoms with van der Waals surface area (Å²) in [7, 11) is 0. The Hall–Kier alpha value is -1.37. The summed E-state index contributed by atoms with van der Waals surface area (Å²) in [5, 5.41) is 0. The fourth-order valence-electron chi connectivity index (χ4n) is 1.21. The summed E-state index contributed by atoms with van der Waals surface area (Å²) in [4.78, 5) is 10.4. The Bertz CT molecular complexity index is 348. The van der Waals surface area contributed by atoms with Gasteiger partial charge in [0.1, 0.15) is 6.29 Å². The number of rotatable bonds is 2. The van der Waals surface area contributed by atoms with E-state index in [1.807, 2.05) is 25.1 Å². The maximum atomic E-state index is 10.4. The van der Waals surface area contributed by atoms with E-state index in [0.29, 0.717) is 0 Å². The van der Waals surface area contributed by atoms with Crippen LogP contribution in [0.3, 0.4) is 0 Å². The molecule has 0 aliphatic heterocycles. The molecule has 0 aliphatic rings. The third-order valence-electron chi connectivity index (χ3n) is 2.22. The molecule has 68 valence electrons. The van der Waals surface area contributed by atoms with Gasteiger partial charge in [-0.1, -0.05) is 18.2 Å². The zero-order valence-corrected chi connectivity index (χ0v) is 8.29. The third-order valence-corrected chi connectivity index (χ3v) is 2.22. The predicted octanol–water partition coefficient (Wildman–Crippen LogP) is 2.91. The molecule has 0 unspecified atom stereocenters. The highest BCUT2D eigenvalue weighted by Crippen LogP contribution is 2.15. The lowest BCUT2D eigenvalue weighted by atomic mass is 10.0. The zero-order valence-electron chi connectivity index (χ0n) is 8.29. The van der Waals surface area contributed by atoms with Crippen LogP contribution in [0.25, 0.3) is 6.08 Å². The summed E-state index contributed by atoms with van der Waals surface area (Å²) >= 11 is 0. The zero-order chi connectivity index (χ0) is 9.84. The van der Waals surface area contributed by atoms with Crippen LogP contribution in [-0.2, 0) is 4.79 Å². The van der Waals surface area contributed by atoms with Gasteiger partial charge in [-0.25, -0.2) is 0 Å². The standard InChI is InChI=1S/C12H14O/c1-9(8-13)7-12-6-4-5-10(2)11(12)3/h4-8H,1-3H3. The molecule has 1 aromatic rings. The van der Waals surface area contributed by atoms with Gasteiger partial charge in [-0.3, -0.25) is 4.79 Å². The van der Waals surface area contributed by atoms with Crippen LogP contribution in [0.1, 0.15) is 23.6 Å². The van der Waals surface area contributed by atoms with E-state index in [-0.39, 0.29) is 0 Å². The minimum absolute atomic E-state index is 0.758. The van der Waals surface area contributed by atoms with Crippen LogP contribution in [0.4, 0.5) is 0 Å². The van der Waals surface area contributed by atoms with Gasteiger partial charge in [0.25, 0.3) is 0 Å². The number of carbonyl (C=O) groups excluding carboxylic acids is 1. The van der Waals surface area contributed by atoms with Crippen molar-refractivity contribution in [3.63, 3.8) is 0 Å².